The van der Waals surface area contributed by atoms with Crippen molar-refractivity contribution in [1.29, 1.82) is 0 Å². The highest BCUT2D eigenvalue weighted by Gasteiger charge is 2.31. The van der Waals surface area contributed by atoms with E-state index in [1.54, 1.807) is 11.0 Å². The van der Waals surface area contributed by atoms with E-state index < -0.39 is 5.60 Å². The van der Waals surface area contributed by atoms with Gasteiger partial charge < -0.3 is 19.1 Å². The first-order valence-corrected chi connectivity index (χ1v) is 7.47. The molecule has 1 aliphatic rings. The van der Waals surface area contributed by atoms with Crippen LogP contribution < -0.4 is 9.47 Å². The Balaban J connectivity index is 1.88. The lowest BCUT2D eigenvalue weighted by Gasteiger charge is -2.24. The lowest BCUT2D eigenvalue weighted by molar-refractivity contribution is 0.0274. The van der Waals surface area contributed by atoms with Crippen LogP contribution in [0.25, 0.3) is 0 Å². The molecule has 122 valence electrons. The fraction of sp³-hybridized carbons (Fsp3) is 0.667. The Morgan fingerprint density at radius 2 is 2.09 bits per heavy atom. The Kier molecular flexibility index (Phi) is 5.05. The van der Waals surface area contributed by atoms with E-state index in [2.05, 4.69) is 9.97 Å². The minimum Gasteiger partial charge on any atom is -0.478 e. The van der Waals surface area contributed by atoms with Gasteiger partial charge >= 0.3 is 6.09 Å². The number of ether oxygens (including phenoxy) is 3. The van der Waals surface area contributed by atoms with E-state index in [0.717, 1.165) is 6.42 Å². The molecule has 0 bridgehead atoms. The van der Waals surface area contributed by atoms with Crippen LogP contribution in [0.4, 0.5) is 4.79 Å². The van der Waals surface area contributed by atoms with Crippen molar-refractivity contribution in [1.82, 2.24) is 14.9 Å². The van der Waals surface area contributed by atoms with Crippen molar-refractivity contribution in [3.8, 4) is 11.8 Å². The molecule has 0 N–H and O–H groups in total. The smallest absolute Gasteiger partial charge is 0.410 e. The van der Waals surface area contributed by atoms with Crippen molar-refractivity contribution >= 4 is 6.09 Å². The van der Waals surface area contributed by atoms with Crippen LogP contribution in [0.2, 0.25) is 0 Å². The predicted octanol–water partition coefficient (Wildman–Crippen LogP) is 2.26. The number of likely N-dealkylation sites (tertiary alicyclic amines) is 1. The molecule has 1 aromatic rings. The molecular weight excluding hydrogens is 286 g/mol. The summed E-state index contributed by atoms with van der Waals surface area (Å²) in [6.07, 6.45) is 1.74. The fourth-order valence-corrected chi connectivity index (χ4v) is 2.10. The van der Waals surface area contributed by atoms with Gasteiger partial charge in [0.2, 0.25) is 11.8 Å². The summed E-state index contributed by atoms with van der Waals surface area (Å²) in [5, 5.41) is 0. The fourth-order valence-electron chi connectivity index (χ4n) is 2.10. The largest absolute Gasteiger partial charge is 0.478 e. The van der Waals surface area contributed by atoms with Crippen LogP contribution >= 0.6 is 0 Å². The number of nitrogens with zero attached hydrogens (tertiary/aromatic N) is 3. The standard InChI is InChI=1S/C15H23N3O4/c1-5-20-12-8-13(17-10-16-12)21-11-6-7-18(9-11)14(19)22-15(2,3)4/h8,10-11H,5-7,9H2,1-4H3/t11-/m0/s1. The molecule has 0 spiro atoms. The van der Waals surface area contributed by atoms with Crippen LogP contribution in [-0.4, -0.2) is 52.4 Å². The number of hydrogen-bond acceptors (Lipinski definition) is 6. The van der Waals surface area contributed by atoms with E-state index in [4.69, 9.17) is 14.2 Å². The summed E-state index contributed by atoms with van der Waals surface area (Å²) >= 11 is 0. The highest BCUT2D eigenvalue weighted by molar-refractivity contribution is 5.68. The third kappa shape index (κ3) is 4.75. The molecule has 1 saturated heterocycles. The van der Waals surface area contributed by atoms with Crippen LogP contribution in [0.15, 0.2) is 12.4 Å². The number of rotatable bonds is 4. The van der Waals surface area contributed by atoms with Crippen LogP contribution in [0.1, 0.15) is 34.1 Å². The first-order chi connectivity index (χ1) is 10.4. The molecule has 2 heterocycles. The number of carbonyl (C=O) groups excluding carboxylic acids is 1. The first-order valence-electron chi connectivity index (χ1n) is 7.47. The SMILES string of the molecule is CCOc1cc(O[C@H]2CCN(C(=O)OC(C)(C)C)C2)ncn1. The summed E-state index contributed by atoms with van der Waals surface area (Å²) in [6, 6.07) is 1.65. The van der Waals surface area contributed by atoms with Crippen LogP contribution in [0.5, 0.6) is 11.8 Å². The Morgan fingerprint density at radius 3 is 2.77 bits per heavy atom. The average Bonchev–Trinajstić information content (AvgIpc) is 2.86. The maximum absolute atomic E-state index is 12.0. The normalized spacial score (nSPS) is 18.2. The summed E-state index contributed by atoms with van der Waals surface area (Å²) < 4.78 is 16.5. The third-order valence-corrected chi connectivity index (χ3v) is 2.99. The van der Waals surface area contributed by atoms with Gasteiger partial charge in [-0.2, -0.15) is 0 Å². The van der Waals surface area contributed by atoms with E-state index in [1.807, 2.05) is 27.7 Å². The zero-order chi connectivity index (χ0) is 16.2. The van der Waals surface area contributed by atoms with Crippen LogP contribution in [0, 0.1) is 0 Å². The number of aromatic nitrogens is 2. The van der Waals surface area contributed by atoms with Gasteiger partial charge in [0.1, 0.15) is 18.0 Å². The molecule has 2 rings (SSSR count). The van der Waals surface area contributed by atoms with Gasteiger partial charge in [-0.3, -0.25) is 0 Å². The summed E-state index contributed by atoms with van der Waals surface area (Å²) in [5.41, 5.74) is -0.491. The monoisotopic (exact) mass is 309 g/mol. The molecule has 22 heavy (non-hydrogen) atoms. The summed E-state index contributed by atoms with van der Waals surface area (Å²) in [5.74, 6) is 0.934. The molecule has 0 aliphatic carbocycles. The van der Waals surface area contributed by atoms with E-state index in [-0.39, 0.29) is 12.2 Å². The first kappa shape index (κ1) is 16.3. The third-order valence-electron chi connectivity index (χ3n) is 2.99. The van der Waals surface area contributed by atoms with Crippen LogP contribution in [0.3, 0.4) is 0 Å². The van der Waals surface area contributed by atoms with E-state index in [9.17, 15) is 4.79 Å². The van der Waals surface area contributed by atoms with Gasteiger partial charge in [-0.15, -0.1) is 0 Å². The molecule has 7 nitrogen and oxygen atoms in total. The molecule has 0 unspecified atom stereocenters. The minimum absolute atomic E-state index is 0.100. The molecule has 0 radical (unpaired) electrons. The molecular formula is C15H23N3O4. The van der Waals surface area contributed by atoms with E-state index >= 15 is 0 Å². The molecule has 1 atom stereocenters. The molecule has 7 heteroatoms. The van der Waals surface area contributed by atoms with Crippen molar-refractivity contribution in [2.45, 2.75) is 45.8 Å². The lowest BCUT2D eigenvalue weighted by Crippen LogP contribution is -2.36. The van der Waals surface area contributed by atoms with Crippen molar-refractivity contribution in [2.24, 2.45) is 0 Å². The van der Waals surface area contributed by atoms with Gasteiger partial charge in [0.25, 0.3) is 0 Å². The maximum Gasteiger partial charge on any atom is 0.410 e. The van der Waals surface area contributed by atoms with Crippen LogP contribution in [-0.2, 0) is 4.74 Å². The van der Waals surface area contributed by atoms with Crippen molar-refractivity contribution in [2.75, 3.05) is 19.7 Å². The number of carbonyl (C=O) groups is 1. The number of amides is 1. The zero-order valence-electron chi connectivity index (χ0n) is 13.5. The van der Waals surface area contributed by atoms with Gasteiger partial charge in [0.15, 0.2) is 0 Å². The highest BCUT2D eigenvalue weighted by atomic mass is 16.6. The quantitative estimate of drug-likeness (QED) is 0.849. The maximum atomic E-state index is 12.0. The molecule has 1 amide bonds. The zero-order valence-corrected chi connectivity index (χ0v) is 13.5. The molecule has 1 aromatic heterocycles. The van der Waals surface area contributed by atoms with Gasteiger partial charge in [-0.05, 0) is 27.7 Å². The molecule has 0 aromatic carbocycles. The molecule has 0 saturated carbocycles. The van der Waals surface area contributed by atoms with Crippen molar-refractivity contribution in [3.63, 3.8) is 0 Å². The highest BCUT2D eigenvalue weighted by Crippen LogP contribution is 2.20. The van der Waals surface area contributed by atoms with Crippen molar-refractivity contribution < 1.29 is 19.0 Å². The second-order valence-electron chi connectivity index (χ2n) is 6.08. The van der Waals surface area contributed by atoms with E-state index in [0.29, 0.717) is 31.5 Å². The minimum atomic E-state index is -0.491. The summed E-state index contributed by atoms with van der Waals surface area (Å²) in [7, 11) is 0. The summed E-state index contributed by atoms with van der Waals surface area (Å²) in [4.78, 5) is 21.7. The Morgan fingerprint density at radius 1 is 1.36 bits per heavy atom. The second-order valence-corrected chi connectivity index (χ2v) is 6.08. The Bertz CT molecular complexity index is 516. The topological polar surface area (TPSA) is 73.8 Å². The predicted molar refractivity (Wildman–Crippen MR) is 80.0 cm³/mol. The molecule has 1 aliphatic heterocycles. The van der Waals surface area contributed by atoms with E-state index in [1.165, 1.54) is 6.33 Å². The van der Waals surface area contributed by atoms with Crippen molar-refractivity contribution in [3.05, 3.63) is 12.4 Å². The Labute approximate surface area is 130 Å². The lowest BCUT2D eigenvalue weighted by atomic mass is 10.2. The number of hydrogen-bond donors (Lipinski definition) is 0. The Hall–Kier alpha value is -2.05. The second kappa shape index (κ2) is 6.81. The van der Waals surface area contributed by atoms with Gasteiger partial charge in [-0.1, -0.05) is 0 Å². The van der Waals surface area contributed by atoms with Gasteiger partial charge in [0, 0.05) is 13.0 Å². The summed E-state index contributed by atoms with van der Waals surface area (Å²) in [6.45, 7) is 9.08. The molecule has 1 fully saturated rings. The average molecular weight is 309 g/mol. The van der Waals surface area contributed by atoms with Gasteiger partial charge in [-0.25, -0.2) is 14.8 Å². The van der Waals surface area contributed by atoms with Gasteiger partial charge in [0.05, 0.1) is 19.2 Å².